The molecule has 6 aromatic rings. The van der Waals surface area contributed by atoms with Crippen molar-refractivity contribution in [1.82, 2.24) is 9.97 Å². The Morgan fingerprint density at radius 3 is 2.27 bits per heavy atom. The van der Waals surface area contributed by atoms with E-state index in [0.29, 0.717) is 17.6 Å². The van der Waals surface area contributed by atoms with Crippen molar-refractivity contribution in [3.05, 3.63) is 124 Å². The number of fused-ring (bicyclic) bond motifs is 2. The van der Waals surface area contributed by atoms with E-state index < -0.39 is 0 Å². The molecule has 4 heteroatoms. The average molecular weight is 445 g/mol. The van der Waals surface area contributed by atoms with E-state index in [-0.39, 0.29) is 5.56 Å². The lowest BCUT2D eigenvalue weighted by molar-refractivity contribution is 0.983. The molecule has 0 unspecified atom stereocenters. The zero-order chi connectivity index (χ0) is 22.2. The van der Waals surface area contributed by atoms with E-state index in [4.69, 9.17) is 4.98 Å². The molecule has 0 atom stereocenters. The lowest BCUT2D eigenvalue weighted by Crippen LogP contribution is -2.11. The van der Waals surface area contributed by atoms with Crippen molar-refractivity contribution in [3.63, 3.8) is 0 Å². The number of rotatable bonds is 4. The molecule has 0 fully saturated rings. The summed E-state index contributed by atoms with van der Waals surface area (Å²) >= 11 is 1.52. The Balaban J connectivity index is 1.36. The number of nitrogens with one attached hydrogen (secondary N) is 1. The van der Waals surface area contributed by atoms with Gasteiger partial charge in [0.2, 0.25) is 0 Å². The minimum Gasteiger partial charge on any atom is -0.310 e. The Bertz CT molecular complexity index is 1640. The molecule has 1 N–H and O–H groups in total. The number of aromatic amines is 1. The molecular weight excluding hydrogens is 424 g/mol. The Hall–Kier alpha value is -4.02. The molecule has 4 aromatic carbocycles. The van der Waals surface area contributed by atoms with Crippen LogP contribution >= 0.6 is 11.3 Å². The highest BCUT2D eigenvalue weighted by atomic mass is 32.1. The molecule has 0 spiro atoms. The van der Waals surface area contributed by atoms with Crippen molar-refractivity contribution in [1.29, 1.82) is 0 Å². The van der Waals surface area contributed by atoms with Gasteiger partial charge in [-0.05, 0) is 33.0 Å². The van der Waals surface area contributed by atoms with Crippen molar-refractivity contribution in [3.8, 4) is 22.3 Å². The van der Waals surface area contributed by atoms with Gasteiger partial charge in [-0.25, -0.2) is 4.98 Å². The Kier molecular flexibility index (Phi) is 4.85. The fourth-order valence-electron chi connectivity index (χ4n) is 4.39. The predicted octanol–water partition coefficient (Wildman–Crippen LogP) is 7.06. The van der Waals surface area contributed by atoms with Crippen LogP contribution < -0.4 is 5.56 Å². The van der Waals surface area contributed by atoms with E-state index in [9.17, 15) is 4.79 Å². The molecule has 6 rings (SSSR count). The zero-order valence-corrected chi connectivity index (χ0v) is 18.6. The van der Waals surface area contributed by atoms with Gasteiger partial charge in [-0.3, -0.25) is 4.79 Å². The normalized spacial score (nSPS) is 11.3. The van der Waals surface area contributed by atoms with E-state index in [2.05, 4.69) is 71.7 Å². The summed E-state index contributed by atoms with van der Waals surface area (Å²) in [6, 6.07) is 33.2. The molecule has 0 amide bonds. The van der Waals surface area contributed by atoms with Gasteiger partial charge in [-0.1, -0.05) is 97.1 Å². The lowest BCUT2D eigenvalue weighted by atomic mass is 10.0. The summed E-state index contributed by atoms with van der Waals surface area (Å²) in [4.78, 5) is 21.7. The maximum atomic E-state index is 13.1. The number of hydrogen-bond donors (Lipinski definition) is 1. The number of nitrogens with zero attached hydrogens (tertiary/aromatic N) is 1. The largest absolute Gasteiger partial charge is 0.310 e. The van der Waals surface area contributed by atoms with Crippen LogP contribution in [0.4, 0.5) is 0 Å². The molecule has 0 aliphatic carbocycles. The molecule has 0 saturated heterocycles. The topological polar surface area (TPSA) is 45.8 Å². The van der Waals surface area contributed by atoms with Crippen LogP contribution in [-0.2, 0) is 6.42 Å². The number of H-pyrrole nitrogens is 1. The molecular formula is C29H20N2OS. The summed E-state index contributed by atoms with van der Waals surface area (Å²) in [5, 5.41) is 5.07. The lowest BCUT2D eigenvalue weighted by Gasteiger charge is -2.07. The first kappa shape index (κ1) is 19.6. The molecule has 0 aliphatic heterocycles. The van der Waals surface area contributed by atoms with Gasteiger partial charge in [-0.15, -0.1) is 11.3 Å². The first-order chi connectivity index (χ1) is 16.3. The molecule has 3 nitrogen and oxygen atoms in total. The summed E-state index contributed by atoms with van der Waals surface area (Å²) in [6.45, 7) is 0. The van der Waals surface area contributed by atoms with Crippen molar-refractivity contribution < 1.29 is 0 Å². The number of hydrogen-bond acceptors (Lipinski definition) is 3. The van der Waals surface area contributed by atoms with Gasteiger partial charge < -0.3 is 4.98 Å². The minimum absolute atomic E-state index is 0.0846. The van der Waals surface area contributed by atoms with E-state index >= 15 is 0 Å². The smallest absolute Gasteiger partial charge is 0.260 e. The third-order valence-electron chi connectivity index (χ3n) is 6.03. The molecule has 2 aromatic heterocycles. The second-order valence-electron chi connectivity index (χ2n) is 8.10. The van der Waals surface area contributed by atoms with Gasteiger partial charge in [-0.2, -0.15) is 0 Å². The summed E-state index contributed by atoms with van der Waals surface area (Å²) in [5.41, 5.74) is 5.36. The molecule has 0 bridgehead atoms. The van der Waals surface area contributed by atoms with Crippen LogP contribution in [0.2, 0.25) is 0 Å². The van der Waals surface area contributed by atoms with Gasteiger partial charge in [0.1, 0.15) is 10.7 Å². The van der Waals surface area contributed by atoms with Gasteiger partial charge in [0.15, 0.2) is 0 Å². The maximum Gasteiger partial charge on any atom is 0.260 e. The van der Waals surface area contributed by atoms with Crippen LogP contribution in [0, 0.1) is 0 Å². The van der Waals surface area contributed by atoms with Crippen LogP contribution in [0.25, 0.3) is 43.2 Å². The fourth-order valence-corrected chi connectivity index (χ4v) is 5.36. The van der Waals surface area contributed by atoms with Crippen molar-refractivity contribution in [2.75, 3.05) is 0 Å². The molecule has 158 valence electrons. The Morgan fingerprint density at radius 2 is 1.42 bits per heavy atom. The van der Waals surface area contributed by atoms with Crippen molar-refractivity contribution >= 4 is 32.3 Å². The summed E-state index contributed by atoms with van der Waals surface area (Å²) in [7, 11) is 0. The van der Waals surface area contributed by atoms with Crippen molar-refractivity contribution in [2.45, 2.75) is 6.42 Å². The van der Waals surface area contributed by atoms with Crippen LogP contribution in [0.15, 0.2) is 107 Å². The van der Waals surface area contributed by atoms with Gasteiger partial charge in [0.25, 0.3) is 5.56 Å². The van der Waals surface area contributed by atoms with Gasteiger partial charge in [0, 0.05) is 17.4 Å². The molecule has 0 radical (unpaired) electrons. The van der Waals surface area contributed by atoms with Gasteiger partial charge >= 0.3 is 0 Å². The first-order valence-electron chi connectivity index (χ1n) is 10.9. The minimum atomic E-state index is -0.0846. The van der Waals surface area contributed by atoms with Crippen LogP contribution in [0.1, 0.15) is 11.4 Å². The number of benzene rings is 4. The highest BCUT2D eigenvalue weighted by Gasteiger charge is 2.14. The number of aromatic nitrogens is 2. The number of thiophene rings is 1. The highest BCUT2D eigenvalue weighted by molar-refractivity contribution is 7.17. The average Bonchev–Trinajstić information content (AvgIpc) is 3.30. The monoisotopic (exact) mass is 444 g/mol. The van der Waals surface area contributed by atoms with E-state index in [1.54, 1.807) is 0 Å². The maximum absolute atomic E-state index is 13.1. The summed E-state index contributed by atoms with van der Waals surface area (Å²) < 4.78 is 0. The molecule has 0 saturated carbocycles. The van der Waals surface area contributed by atoms with Gasteiger partial charge in [0.05, 0.1) is 5.39 Å². The third-order valence-corrected chi connectivity index (χ3v) is 6.91. The van der Waals surface area contributed by atoms with Crippen LogP contribution in [0.5, 0.6) is 0 Å². The zero-order valence-electron chi connectivity index (χ0n) is 17.8. The molecule has 0 aliphatic rings. The predicted molar refractivity (Wildman–Crippen MR) is 138 cm³/mol. The fraction of sp³-hybridized carbons (Fsp3) is 0.0345. The second kappa shape index (κ2) is 8.15. The van der Waals surface area contributed by atoms with Crippen LogP contribution in [0.3, 0.4) is 0 Å². The van der Waals surface area contributed by atoms with E-state index in [0.717, 1.165) is 27.1 Å². The van der Waals surface area contributed by atoms with E-state index in [1.807, 2.05) is 35.7 Å². The van der Waals surface area contributed by atoms with Crippen LogP contribution in [-0.4, -0.2) is 9.97 Å². The quantitative estimate of drug-likeness (QED) is 0.316. The SMILES string of the molecule is O=c1[nH]c(Cc2cccc3ccccc23)nc2scc(-c3ccc(-c4ccccc4)cc3)c12. The summed E-state index contributed by atoms with van der Waals surface area (Å²) in [6.07, 6.45) is 0.589. The summed E-state index contributed by atoms with van der Waals surface area (Å²) in [5.74, 6) is 0.691. The molecule has 2 heterocycles. The Labute approximate surface area is 195 Å². The molecule has 33 heavy (non-hydrogen) atoms. The Morgan fingerprint density at radius 1 is 0.727 bits per heavy atom. The first-order valence-corrected chi connectivity index (χ1v) is 11.8. The second-order valence-corrected chi connectivity index (χ2v) is 8.96. The van der Waals surface area contributed by atoms with Crippen molar-refractivity contribution in [2.24, 2.45) is 0 Å². The standard InChI is InChI=1S/C29H20N2OS/c32-28-27-25(22-15-13-20(14-16-22)19-7-2-1-3-8-19)18-33-29(27)31-26(30-28)17-23-11-6-10-21-9-4-5-12-24(21)23/h1-16,18H,17H2,(H,30,31,32). The highest BCUT2D eigenvalue weighted by Crippen LogP contribution is 2.32. The third kappa shape index (κ3) is 3.65. The van der Waals surface area contributed by atoms with E-state index in [1.165, 1.54) is 27.7 Å².